The lowest BCUT2D eigenvalue weighted by molar-refractivity contribution is -0.149. The van der Waals surface area contributed by atoms with Crippen molar-refractivity contribution in [1.82, 2.24) is 9.80 Å². The van der Waals surface area contributed by atoms with Crippen molar-refractivity contribution in [2.75, 3.05) is 32.2 Å². The van der Waals surface area contributed by atoms with Crippen LogP contribution in [-0.4, -0.2) is 84.5 Å². The molecule has 0 radical (unpaired) electrons. The van der Waals surface area contributed by atoms with E-state index < -0.39 is 35.9 Å². The quantitative estimate of drug-likeness (QED) is 0.0897. The maximum absolute atomic E-state index is 13.8. The zero-order valence-electron chi connectivity index (χ0n) is 40.0. The highest BCUT2D eigenvalue weighted by Gasteiger charge is 2.41. The Balaban J connectivity index is 1.07. The fraction of sp³-hybridized carbons (Fsp3) is 0.464. The summed E-state index contributed by atoms with van der Waals surface area (Å²) < 4.78 is 9.75. The predicted octanol–water partition coefficient (Wildman–Crippen LogP) is 9.31. The average Bonchev–Trinajstić information content (AvgIpc) is 4.14. The molecule has 3 aliphatic rings. The number of esters is 2. The molecule has 4 aromatic carbocycles. The molecule has 0 aliphatic carbocycles. The normalized spacial score (nSPS) is 20.3. The fourth-order valence-corrected chi connectivity index (χ4v) is 10.5. The van der Waals surface area contributed by atoms with Gasteiger partial charge in [0.05, 0.1) is 63.1 Å². The summed E-state index contributed by atoms with van der Waals surface area (Å²) in [5.74, 6) is -2.35. The van der Waals surface area contributed by atoms with Gasteiger partial charge < -0.3 is 24.2 Å². The summed E-state index contributed by atoms with van der Waals surface area (Å²) in [7, 11) is 2.65. The molecule has 3 heterocycles. The molecule has 2 amide bonds. The van der Waals surface area contributed by atoms with Crippen molar-refractivity contribution in [2.45, 2.75) is 116 Å². The van der Waals surface area contributed by atoms with Crippen LogP contribution in [0, 0.1) is 23.7 Å². The van der Waals surface area contributed by atoms with Crippen molar-refractivity contribution in [3.8, 4) is 11.1 Å². The van der Waals surface area contributed by atoms with E-state index in [1.807, 2.05) is 70.2 Å². The highest BCUT2D eigenvalue weighted by atomic mass is 16.5. The number of carbonyl (C=O) groups is 6. The number of benzene rings is 4. The third-order valence-corrected chi connectivity index (χ3v) is 14.4. The first kappa shape index (κ1) is 48.8. The molecule has 0 bridgehead atoms. The van der Waals surface area contributed by atoms with E-state index in [4.69, 9.17) is 9.47 Å². The van der Waals surface area contributed by atoms with E-state index in [0.717, 1.165) is 64.8 Å². The van der Waals surface area contributed by atoms with Crippen LogP contribution >= 0.6 is 0 Å². The van der Waals surface area contributed by atoms with E-state index in [-0.39, 0.29) is 73.0 Å². The number of anilines is 1. The lowest BCUT2D eigenvalue weighted by atomic mass is 9.90. The summed E-state index contributed by atoms with van der Waals surface area (Å²) in [5, 5.41) is 0. The molecule has 0 spiro atoms. The third kappa shape index (κ3) is 11.4. The number of Topliss-reactive ketones (excluding diaryl/α,β-unsaturated/α-hetero) is 2. The number of amides is 2. The number of hydrogen-bond acceptors (Lipinski definition) is 9. The Labute approximate surface area is 396 Å². The van der Waals surface area contributed by atoms with Crippen LogP contribution in [0.1, 0.15) is 113 Å². The predicted molar refractivity (Wildman–Crippen MR) is 259 cm³/mol. The maximum atomic E-state index is 13.8. The molecule has 7 rings (SSSR count). The lowest BCUT2D eigenvalue weighted by Gasteiger charge is -2.33. The molecule has 67 heavy (non-hydrogen) atoms. The fourth-order valence-electron chi connectivity index (χ4n) is 10.5. The smallest absolute Gasteiger partial charge is 0.306 e. The number of hydrogen-bond donors (Lipinski definition) is 0. The molecular weight excluding hydrogens is 843 g/mol. The highest BCUT2D eigenvalue weighted by molar-refractivity contribution is 5.93. The largest absolute Gasteiger partial charge is 0.469 e. The van der Waals surface area contributed by atoms with Gasteiger partial charge in [-0.1, -0.05) is 119 Å². The molecule has 3 fully saturated rings. The molecule has 6 atom stereocenters. The zero-order valence-corrected chi connectivity index (χ0v) is 40.0. The summed E-state index contributed by atoms with van der Waals surface area (Å²) in [6.07, 6.45) is 4.97. The van der Waals surface area contributed by atoms with Gasteiger partial charge in [-0.3, -0.25) is 28.8 Å². The van der Waals surface area contributed by atoms with E-state index >= 15 is 0 Å². The van der Waals surface area contributed by atoms with Crippen LogP contribution in [0.5, 0.6) is 0 Å². The molecule has 0 unspecified atom stereocenters. The third-order valence-electron chi connectivity index (χ3n) is 14.4. The van der Waals surface area contributed by atoms with E-state index in [1.165, 1.54) is 14.2 Å². The molecule has 4 aromatic rings. The van der Waals surface area contributed by atoms with Gasteiger partial charge in [0, 0.05) is 31.6 Å². The first-order valence-electron chi connectivity index (χ1n) is 24.2. The van der Waals surface area contributed by atoms with Gasteiger partial charge in [-0.25, -0.2) is 0 Å². The van der Waals surface area contributed by atoms with E-state index in [1.54, 1.807) is 9.80 Å². The van der Waals surface area contributed by atoms with E-state index in [9.17, 15) is 28.8 Å². The molecule has 11 nitrogen and oxygen atoms in total. The van der Waals surface area contributed by atoms with Crippen LogP contribution in [0.25, 0.3) is 11.1 Å². The van der Waals surface area contributed by atoms with Crippen LogP contribution in [-0.2, 0) is 51.1 Å². The molecule has 354 valence electrons. The van der Waals surface area contributed by atoms with Gasteiger partial charge in [-0.15, -0.1) is 0 Å². The second-order valence-corrected chi connectivity index (χ2v) is 19.3. The summed E-state index contributed by atoms with van der Waals surface area (Å²) in [6.45, 7) is 8.70. The van der Waals surface area contributed by atoms with E-state index in [2.05, 4.69) is 65.6 Å². The van der Waals surface area contributed by atoms with Crippen molar-refractivity contribution in [3.05, 3.63) is 125 Å². The van der Waals surface area contributed by atoms with Gasteiger partial charge >= 0.3 is 11.9 Å². The molecule has 0 N–H and O–H groups in total. The van der Waals surface area contributed by atoms with Gasteiger partial charge in [-0.05, 0) is 95.9 Å². The molecule has 3 saturated heterocycles. The Hall–Kier alpha value is -6.10. The van der Waals surface area contributed by atoms with Crippen LogP contribution in [0.4, 0.5) is 5.69 Å². The number of methoxy groups -OCH3 is 2. The molecule has 11 heteroatoms. The SMILES string of the molecule is COC(=O)C[C@H](C(=O)N1CCC[C@H]1C(=O)Cc1ccc([C@@H]2CC[C@@H](c3ccc(CC(=O)[C@@H]4CCCN4C(=O)[C@@H](CC(=O)OC)C(C)C)cc3)N2c2ccc(-c3ccccc3)cc2)cc1)C(C)C. The Morgan fingerprint density at radius 2 is 0.925 bits per heavy atom. The number of rotatable bonds is 18. The minimum absolute atomic E-state index is 0.000390. The standard InChI is InChI=1S/C56H67N3O8/c1-36(2)45(34-53(62)66-5)55(64)57-30-10-14-49(57)51(60)32-38-16-20-42(21-17-38)47-28-29-48(59(47)44-26-24-41(25-27-44)40-12-8-7-9-13-40)43-22-18-39(19-23-43)33-52(61)50-15-11-31-58(50)56(65)46(37(3)4)35-54(63)67-6/h7-9,12-13,16-27,36-37,45-50H,10-11,14-15,28-35H2,1-6H3/t45-,46-,47-,48-,49-,50-/m0/s1. The Bertz CT molecular complexity index is 2240. The highest BCUT2D eigenvalue weighted by Crippen LogP contribution is 2.47. The van der Waals surface area contributed by atoms with Crippen molar-refractivity contribution in [3.63, 3.8) is 0 Å². The van der Waals surface area contributed by atoms with E-state index in [0.29, 0.717) is 25.9 Å². The topological polar surface area (TPSA) is 131 Å². The first-order chi connectivity index (χ1) is 32.3. The minimum Gasteiger partial charge on any atom is -0.469 e. The summed E-state index contributed by atoms with van der Waals surface area (Å²) in [5.41, 5.74) is 7.47. The molecule has 0 saturated carbocycles. The van der Waals surface area contributed by atoms with Crippen LogP contribution in [0.2, 0.25) is 0 Å². The molecule has 0 aromatic heterocycles. The zero-order chi connectivity index (χ0) is 47.8. The lowest BCUT2D eigenvalue weighted by Crippen LogP contribution is -2.45. The van der Waals surface area contributed by atoms with Crippen LogP contribution < -0.4 is 4.90 Å². The number of ether oxygens (including phenoxy) is 2. The van der Waals surface area contributed by atoms with Crippen molar-refractivity contribution in [2.24, 2.45) is 23.7 Å². The molecule has 3 aliphatic heterocycles. The van der Waals surface area contributed by atoms with Crippen LogP contribution in [0.15, 0.2) is 103 Å². The average molecular weight is 910 g/mol. The summed E-state index contributed by atoms with van der Waals surface area (Å²) in [4.78, 5) is 85.3. The number of carbonyl (C=O) groups excluding carboxylic acids is 6. The van der Waals surface area contributed by atoms with Crippen molar-refractivity contribution < 1.29 is 38.2 Å². The van der Waals surface area contributed by atoms with Crippen molar-refractivity contribution in [1.29, 1.82) is 0 Å². The Morgan fingerprint density at radius 1 is 0.522 bits per heavy atom. The summed E-state index contributed by atoms with van der Waals surface area (Å²) in [6, 6.07) is 34.9. The van der Waals surface area contributed by atoms with Crippen molar-refractivity contribution >= 4 is 41.0 Å². The van der Waals surface area contributed by atoms with Gasteiger partial charge in [-0.2, -0.15) is 0 Å². The monoisotopic (exact) mass is 909 g/mol. The van der Waals surface area contributed by atoms with Gasteiger partial charge in [0.15, 0.2) is 11.6 Å². The number of likely N-dealkylation sites (tertiary alicyclic amines) is 2. The van der Waals surface area contributed by atoms with Gasteiger partial charge in [0.1, 0.15) is 0 Å². The minimum atomic E-state index is -0.536. The maximum Gasteiger partial charge on any atom is 0.306 e. The number of ketones is 2. The van der Waals surface area contributed by atoms with Crippen LogP contribution in [0.3, 0.4) is 0 Å². The number of nitrogens with zero attached hydrogens (tertiary/aromatic N) is 3. The Kier molecular flexibility index (Phi) is 16.1. The Morgan fingerprint density at radius 3 is 1.31 bits per heavy atom. The second-order valence-electron chi connectivity index (χ2n) is 19.3. The first-order valence-corrected chi connectivity index (χ1v) is 24.2. The van der Waals surface area contributed by atoms with Gasteiger partial charge in [0.25, 0.3) is 0 Å². The molecular formula is C56H67N3O8. The van der Waals surface area contributed by atoms with Gasteiger partial charge in [0.2, 0.25) is 11.8 Å². The second kappa shape index (κ2) is 22.1. The summed E-state index contributed by atoms with van der Waals surface area (Å²) >= 11 is 0.